The van der Waals surface area contributed by atoms with Gasteiger partial charge in [-0.05, 0) is 86.1 Å². The highest BCUT2D eigenvalue weighted by atomic mass is 32.2. The molecule has 0 bridgehead atoms. The largest absolute Gasteiger partial charge is 0.279 e. The Balaban J connectivity index is 2.04. The summed E-state index contributed by atoms with van der Waals surface area (Å²) in [7, 11) is -3.70. The van der Waals surface area contributed by atoms with Crippen molar-refractivity contribution in [2.24, 2.45) is 0 Å². The maximum absolute atomic E-state index is 13.4. The number of nitrogens with one attached hydrogen (secondary N) is 1. The van der Waals surface area contributed by atoms with Crippen molar-refractivity contribution >= 4 is 15.7 Å². The van der Waals surface area contributed by atoms with Crippen LogP contribution in [-0.4, -0.2) is 8.42 Å². The first kappa shape index (κ1) is 20.2. The van der Waals surface area contributed by atoms with Crippen molar-refractivity contribution in [1.82, 2.24) is 0 Å². The highest BCUT2D eigenvalue weighted by Crippen LogP contribution is 2.31. The van der Waals surface area contributed by atoms with Gasteiger partial charge in [-0.25, -0.2) is 8.42 Å². The lowest BCUT2D eigenvalue weighted by molar-refractivity contribution is 0.599. The summed E-state index contributed by atoms with van der Waals surface area (Å²) in [4.78, 5) is 0.391. The maximum atomic E-state index is 13.4. The van der Waals surface area contributed by atoms with Crippen molar-refractivity contribution in [3.05, 3.63) is 93.5 Å². The van der Waals surface area contributed by atoms with Crippen LogP contribution in [0.1, 0.15) is 38.9 Å². The lowest BCUT2D eigenvalue weighted by Crippen LogP contribution is -2.18. The van der Waals surface area contributed by atoms with E-state index in [1.54, 1.807) is 0 Å². The molecule has 0 unspecified atom stereocenters. The predicted molar refractivity (Wildman–Crippen MR) is 117 cm³/mol. The monoisotopic (exact) mass is 393 g/mol. The first-order valence-corrected chi connectivity index (χ1v) is 10.9. The number of hydrogen-bond acceptors (Lipinski definition) is 2. The first-order valence-electron chi connectivity index (χ1n) is 9.44. The maximum Gasteiger partial charge on any atom is 0.262 e. The van der Waals surface area contributed by atoms with E-state index >= 15 is 0 Å². The number of anilines is 1. The standard InChI is InChI=1S/C24H27NO2S/c1-16-17(2)19(4)24(20(5)18(16)3)28(26,27)25-23-14-10-9-13-22(23)15-21-11-7-6-8-12-21/h6-14,25H,15H2,1-5H3. The Morgan fingerprint density at radius 1 is 0.679 bits per heavy atom. The normalized spacial score (nSPS) is 11.5. The molecule has 0 radical (unpaired) electrons. The van der Waals surface area contributed by atoms with E-state index in [-0.39, 0.29) is 0 Å². The second kappa shape index (κ2) is 7.80. The van der Waals surface area contributed by atoms with Crippen LogP contribution in [0.5, 0.6) is 0 Å². The van der Waals surface area contributed by atoms with Crippen LogP contribution in [0.15, 0.2) is 59.5 Å². The summed E-state index contributed by atoms with van der Waals surface area (Å²) in [6.07, 6.45) is 0.670. The Morgan fingerprint density at radius 2 is 1.18 bits per heavy atom. The van der Waals surface area contributed by atoms with Gasteiger partial charge < -0.3 is 0 Å². The molecule has 146 valence electrons. The summed E-state index contributed by atoms with van der Waals surface area (Å²) < 4.78 is 29.6. The van der Waals surface area contributed by atoms with Gasteiger partial charge in [-0.2, -0.15) is 0 Å². The van der Waals surface area contributed by atoms with E-state index in [1.807, 2.05) is 89.2 Å². The van der Waals surface area contributed by atoms with Crippen molar-refractivity contribution < 1.29 is 8.42 Å². The van der Waals surface area contributed by atoms with Crippen LogP contribution < -0.4 is 4.72 Å². The molecule has 0 saturated carbocycles. The molecule has 0 aliphatic heterocycles. The molecule has 1 N–H and O–H groups in total. The van der Waals surface area contributed by atoms with E-state index in [1.165, 1.54) is 0 Å². The Kier molecular flexibility index (Phi) is 5.61. The fourth-order valence-electron chi connectivity index (χ4n) is 3.65. The smallest absolute Gasteiger partial charge is 0.262 e. The van der Waals surface area contributed by atoms with Crippen LogP contribution in [0, 0.1) is 34.6 Å². The van der Waals surface area contributed by atoms with Crippen LogP contribution >= 0.6 is 0 Å². The van der Waals surface area contributed by atoms with Crippen molar-refractivity contribution in [3.8, 4) is 0 Å². The Labute approximate surface area is 168 Å². The molecule has 3 rings (SSSR count). The van der Waals surface area contributed by atoms with Crippen LogP contribution in [0.25, 0.3) is 0 Å². The van der Waals surface area contributed by atoms with Gasteiger partial charge in [-0.15, -0.1) is 0 Å². The second-order valence-electron chi connectivity index (χ2n) is 7.38. The molecule has 4 heteroatoms. The molecule has 0 aromatic heterocycles. The third-order valence-electron chi connectivity index (χ3n) is 5.70. The fraction of sp³-hybridized carbons (Fsp3) is 0.250. The zero-order valence-electron chi connectivity index (χ0n) is 17.1. The Bertz CT molecular complexity index is 1090. The van der Waals surface area contributed by atoms with Crippen LogP contribution in [0.2, 0.25) is 0 Å². The third kappa shape index (κ3) is 3.83. The topological polar surface area (TPSA) is 46.2 Å². The number of sulfonamides is 1. The van der Waals surface area contributed by atoms with E-state index in [9.17, 15) is 8.42 Å². The van der Waals surface area contributed by atoms with Crippen molar-refractivity contribution in [2.45, 2.75) is 45.9 Å². The quantitative estimate of drug-likeness (QED) is 0.611. The molecule has 3 aromatic rings. The fourth-order valence-corrected chi connectivity index (χ4v) is 5.36. The van der Waals surface area contributed by atoms with Gasteiger partial charge in [-0.3, -0.25) is 4.72 Å². The van der Waals surface area contributed by atoms with E-state index in [0.29, 0.717) is 17.0 Å². The lowest BCUT2D eigenvalue weighted by Gasteiger charge is -2.20. The number of rotatable bonds is 5. The number of hydrogen-bond donors (Lipinski definition) is 1. The van der Waals surface area contributed by atoms with Gasteiger partial charge in [-0.1, -0.05) is 48.5 Å². The molecule has 0 atom stereocenters. The summed E-state index contributed by atoms with van der Waals surface area (Å²) in [5, 5.41) is 0. The summed E-state index contributed by atoms with van der Waals surface area (Å²) in [5.74, 6) is 0. The van der Waals surface area contributed by atoms with Crippen molar-refractivity contribution in [2.75, 3.05) is 4.72 Å². The van der Waals surface area contributed by atoms with E-state index in [2.05, 4.69) is 4.72 Å². The van der Waals surface area contributed by atoms with Gasteiger partial charge in [0.15, 0.2) is 0 Å². The lowest BCUT2D eigenvalue weighted by atomic mass is 9.95. The third-order valence-corrected chi connectivity index (χ3v) is 7.34. The zero-order valence-corrected chi connectivity index (χ0v) is 17.9. The summed E-state index contributed by atoms with van der Waals surface area (Å²) >= 11 is 0. The predicted octanol–water partition coefficient (Wildman–Crippen LogP) is 5.62. The summed E-state index contributed by atoms with van der Waals surface area (Å²) in [5.41, 5.74) is 7.56. The summed E-state index contributed by atoms with van der Waals surface area (Å²) in [6.45, 7) is 9.79. The molecule has 0 aliphatic rings. The highest BCUT2D eigenvalue weighted by molar-refractivity contribution is 7.92. The molecule has 0 fully saturated rings. The molecule has 3 aromatic carbocycles. The Morgan fingerprint density at radius 3 is 1.79 bits per heavy atom. The highest BCUT2D eigenvalue weighted by Gasteiger charge is 2.24. The average Bonchev–Trinajstić information content (AvgIpc) is 2.67. The van der Waals surface area contributed by atoms with Crippen molar-refractivity contribution in [3.63, 3.8) is 0 Å². The van der Waals surface area contributed by atoms with E-state index in [0.717, 1.165) is 38.9 Å². The van der Waals surface area contributed by atoms with Gasteiger partial charge in [0.1, 0.15) is 0 Å². The molecule has 0 heterocycles. The van der Waals surface area contributed by atoms with Crippen LogP contribution in [-0.2, 0) is 16.4 Å². The van der Waals surface area contributed by atoms with Gasteiger partial charge in [0, 0.05) is 0 Å². The molecule has 28 heavy (non-hydrogen) atoms. The second-order valence-corrected chi connectivity index (χ2v) is 9.00. The Hall–Kier alpha value is -2.59. The molecule has 3 nitrogen and oxygen atoms in total. The van der Waals surface area contributed by atoms with Gasteiger partial charge >= 0.3 is 0 Å². The molecule has 0 spiro atoms. The molecule has 0 saturated heterocycles. The van der Waals surface area contributed by atoms with Crippen molar-refractivity contribution in [1.29, 1.82) is 0 Å². The first-order chi connectivity index (χ1) is 13.2. The van der Waals surface area contributed by atoms with E-state index in [4.69, 9.17) is 0 Å². The van der Waals surface area contributed by atoms with E-state index < -0.39 is 10.0 Å². The zero-order chi connectivity index (χ0) is 20.5. The number of benzene rings is 3. The number of para-hydroxylation sites is 1. The molecular weight excluding hydrogens is 366 g/mol. The minimum absolute atomic E-state index is 0.391. The minimum atomic E-state index is -3.70. The average molecular weight is 394 g/mol. The molecule has 0 aliphatic carbocycles. The summed E-state index contributed by atoms with van der Waals surface area (Å²) in [6, 6.07) is 17.7. The molecular formula is C24H27NO2S. The van der Waals surface area contributed by atoms with Gasteiger partial charge in [0.2, 0.25) is 0 Å². The van der Waals surface area contributed by atoms with Gasteiger partial charge in [0.25, 0.3) is 10.0 Å². The SMILES string of the molecule is Cc1c(C)c(C)c(S(=O)(=O)Nc2ccccc2Cc2ccccc2)c(C)c1C. The minimum Gasteiger partial charge on any atom is -0.279 e. The molecule has 0 amide bonds. The van der Waals surface area contributed by atoms with Crippen LogP contribution in [0.4, 0.5) is 5.69 Å². The van der Waals surface area contributed by atoms with Gasteiger partial charge in [0.05, 0.1) is 10.6 Å². The van der Waals surface area contributed by atoms with Crippen LogP contribution in [0.3, 0.4) is 0 Å².